The molecule has 1 N–H and O–H groups in total. The quantitative estimate of drug-likeness (QED) is 0.935. The standard InChI is InChI=1S/C16H13N3O3S/c17-8-11-3-5-12(6-4-11)18-15(20)13-9-23-10-19(13)16(21)14-2-1-7-22-14/h1-7,13H,9-10H2,(H,18,20)/t13-/m0/s1. The van der Waals surface area contributed by atoms with Crippen LogP contribution in [0.25, 0.3) is 0 Å². The summed E-state index contributed by atoms with van der Waals surface area (Å²) in [7, 11) is 0. The largest absolute Gasteiger partial charge is 0.459 e. The van der Waals surface area contributed by atoms with E-state index < -0.39 is 6.04 Å². The van der Waals surface area contributed by atoms with E-state index in [1.807, 2.05) is 6.07 Å². The average molecular weight is 327 g/mol. The van der Waals surface area contributed by atoms with Crippen molar-refractivity contribution in [3.05, 3.63) is 54.0 Å². The Bertz CT molecular complexity index is 750. The maximum absolute atomic E-state index is 12.4. The first-order chi connectivity index (χ1) is 11.2. The van der Waals surface area contributed by atoms with Gasteiger partial charge >= 0.3 is 0 Å². The molecule has 0 saturated carbocycles. The zero-order valence-electron chi connectivity index (χ0n) is 12.1. The fourth-order valence-corrected chi connectivity index (χ4v) is 3.41. The van der Waals surface area contributed by atoms with Gasteiger partial charge in [-0.15, -0.1) is 11.8 Å². The SMILES string of the molecule is N#Cc1ccc(NC(=O)[C@@H]2CSCN2C(=O)c2ccco2)cc1. The van der Waals surface area contributed by atoms with Gasteiger partial charge in [0, 0.05) is 11.4 Å². The number of benzene rings is 1. The summed E-state index contributed by atoms with van der Waals surface area (Å²) in [5.41, 5.74) is 1.12. The third kappa shape index (κ3) is 3.22. The number of carbonyl (C=O) groups excluding carboxylic acids is 2. The summed E-state index contributed by atoms with van der Waals surface area (Å²) in [6.45, 7) is 0. The maximum atomic E-state index is 12.4. The highest BCUT2D eigenvalue weighted by Crippen LogP contribution is 2.24. The van der Waals surface area contributed by atoms with Crippen LogP contribution in [-0.4, -0.2) is 34.4 Å². The molecule has 6 nitrogen and oxygen atoms in total. The van der Waals surface area contributed by atoms with Crippen LogP contribution in [0.5, 0.6) is 0 Å². The van der Waals surface area contributed by atoms with Crippen molar-refractivity contribution >= 4 is 29.3 Å². The van der Waals surface area contributed by atoms with E-state index in [-0.39, 0.29) is 17.6 Å². The number of nitriles is 1. The second-order valence-electron chi connectivity index (χ2n) is 4.95. The van der Waals surface area contributed by atoms with Crippen molar-refractivity contribution in [1.82, 2.24) is 4.90 Å². The number of hydrogen-bond donors (Lipinski definition) is 1. The number of thioether (sulfide) groups is 1. The molecule has 1 fully saturated rings. The summed E-state index contributed by atoms with van der Waals surface area (Å²) in [6, 6.07) is 11.3. The van der Waals surface area contributed by atoms with E-state index in [9.17, 15) is 9.59 Å². The fraction of sp³-hybridized carbons (Fsp3) is 0.188. The van der Waals surface area contributed by atoms with Crippen molar-refractivity contribution in [2.24, 2.45) is 0 Å². The first kappa shape index (κ1) is 15.2. The first-order valence-electron chi connectivity index (χ1n) is 6.92. The van der Waals surface area contributed by atoms with Crippen LogP contribution in [-0.2, 0) is 4.79 Å². The smallest absolute Gasteiger partial charge is 0.290 e. The molecule has 1 atom stereocenters. The number of amides is 2. The molecule has 1 aromatic heterocycles. The molecule has 2 aromatic rings. The summed E-state index contributed by atoms with van der Waals surface area (Å²) in [5.74, 6) is 0.669. The predicted octanol–water partition coefficient (Wildman–Crippen LogP) is 2.31. The van der Waals surface area contributed by atoms with Gasteiger partial charge in [0.25, 0.3) is 5.91 Å². The molecule has 1 aliphatic rings. The highest BCUT2D eigenvalue weighted by Gasteiger charge is 2.36. The molecule has 2 heterocycles. The van der Waals surface area contributed by atoms with Gasteiger partial charge in [0.1, 0.15) is 6.04 Å². The number of hydrogen-bond acceptors (Lipinski definition) is 5. The Kier molecular flexibility index (Phi) is 4.35. The fourth-order valence-electron chi connectivity index (χ4n) is 2.26. The molecular formula is C16H13N3O3S. The maximum Gasteiger partial charge on any atom is 0.290 e. The molecule has 0 bridgehead atoms. The normalized spacial score (nSPS) is 16.8. The zero-order chi connectivity index (χ0) is 16.2. The summed E-state index contributed by atoms with van der Waals surface area (Å²) < 4.78 is 5.12. The molecule has 0 unspecified atom stereocenters. The van der Waals surface area contributed by atoms with Crippen molar-refractivity contribution in [2.75, 3.05) is 16.9 Å². The molecule has 0 radical (unpaired) electrons. The highest BCUT2D eigenvalue weighted by molar-refractivity contribution is 7.99. The lowest BCUT2D eigenvalue weighted by atomic mass is 10.2. The number of nitrogens with zero attached hydrogens (tertiary/aromatic N) is 2. The predicted molar refractivity (Wildman–Crippen MR) is 85.8 cm³/mol. The highest BCUT2D eigenvalue weighted by atomic mass is 32.2. The Labute approximate surface area is 137 Å². The molecule has 0 spiro atoms. The molecule has 1 saturated heterocycles. The van der Waals surface area contributed by atoms with Crippen LogP contribution in [0.3, 0.4) is 0 Å². The summed E-state index contributed by atoms with van der Waals surface area (Å²) in [5, 5.41) is 11.6. The molecule has 3 rings (SSSR count). The molecule has 0 aliphatic carbocycles. The first-order valence-corrected chi connectivity index (χ1v) is 8.08. The van der Waals surface area contributed by atoms with Gasteiger partial charge in [-0.3, -0.25) is 9.59 Å². The summed E-state index contributed by atoms with van der Waals surface area (Å²) >= 11 is 1.52. The van der Waals surface area contributed by atoms with Crippen LogP contribution in [0.4, 0.5) is 5.69 Å². The number of nitrogens with one attached hydrogen (secondary N) is 1. The number of furan rings is 1. The van der Waals surface area contributed by atoms with Crippen molar-refractivity contribution in [3.8, 4) is 6.07 Å². The third-order valence-corrected chi connectivity index (χ3v) is 4.47. The monoisotopic (exact) mass is 327 g/mol. The lowest BCUT2D eigenvalue weighted by Gasteiger charge is -2.22. The lowest BCUT2D eigenvalue weighted by Crippen LogP contribution is -2.44. The average Bonchev–Trinajstić information content (AvgIpc) is 3.26. The van der Waals surface area contributed by atoms with Crippen molar-refractivity contribution in [2.45, 2.75) is 6.04 Å². The minimum absolute atomic E-state index is 0.226. The molecule has 1 aliphatic heterocycles. The van der Waals surface area contributed by atoms with Gasteiger partial charge in [-0.2, -0.15) is 5.26 Å². The molecule has 2 amide bonds. The van der Waals surface area contributed by atoms with Gasteiger partial charge in [0.15, 0.2) is 5.76 Å². The molecule has 116 valence electrons. The lowest BCUT2D eigenvalue weighted by molar-refractivity contribution is -0.119. The third-order valence-electron chi connectivity index (χ3n) is 3.46. The number of anilines is 1. The second kappa shape index (κ2) is 6.58. The number of rotatable bonds is 3. The van der Waals surface area contributed by atoms with E-state index in [0.717, 1.165) is 0 Å². The Morgan fingerprint density at radius 1 is 1.30 bits per heavy atom. The van der Waals surface area contributed by atoms with Gasteiger partial charge in [-0.1, -0.05) is 0 Å². The van der Waals surface area contributed by atoms with Crippen LogP contribution >= 0.6 is 11.8 Å². The van der Waals surface area contributed by atoms with Crippen molar-refractivity contribution < 1.29 is 14.0 Å². The molecule has 23 heavy (non-hydrogen) atoms. The van der Waals surface area contributed by atoms with E-state index in [4.69, 9.17) is 9.68 Å². The van der Waals surface area contributed by atoms with Crippen molar-refractivity contribution in [3.63, 3.8) is 0 Å². The van der Waals surface area contributed by atoms with Crippen molar-refractivity contribution in [1.29, 1.82) is 5.26 Å². The van der Waals surface area contributed by atoms with Gasteiger partial charge in [-0.25, -0.2) is 0 Å². The Hall–Kier alpha value is -2.72. The minimum atomic E-state index is -0.548. The van der Waals surface area contributed by atoms with E-state index in [2.05, 4.69) is 5.32 Å². The molecular weight excluding hydrogens is 314 g/mol. The summed E-state index contributed by atoms with van der Waals surface area (Å²) in [4.78, 5) is 26.3. The van der Waals surface area contributed by atoms with Gasteiger partial charge < -0.3 is 14.6 Å². The van der Waals surface area contributed by atoms with E-state index in [0.29, 0.717) is 22.9 Å². The second-order valence-corrected chi connectivity index (χ2v) is 5.95. The van der Waals surface area contributed by atoms with E-state index in [1.54, 1.807) is 36.4 Å². The topological polar surface area (TPSA) is 86.3 Å². The van der Waals surface area contributed by atoms with Crippen LogP contribution in [0, 0.1) is 11.3 Å². The van der Waals surface area contributed by atoms with Crippen LogP contribution in [0.2, 0.25) is 0 Å². The van der Waals surface area contributed by atoms with E-state index in [1.165, 1.54) is 22.9 Å². The van der Waals surface area contributed by atoms with Gasteiger partial charge in [0.05, 0.1) is 23.8 Å². The van der Waals surface area contributed by atoms with Crippen LogP contribution in [0.1, 0.15) is 16.1 Å². The van der Waals surface area contributed by atoms with Crippen LogP contribution < -0.4 is 5.32 Å². The number of carbonyl (C=O) groups is 2. The Morgan fingerprint density at radius 2 is 2.09 bits per heavy atom. The van der Waals surface area contributed by atoms with E-state index >= 15 is 0 Å². The minimum Gasteiger partial charge on any atom is -0.459 e. The molecule has 1 aromatic carbocycles. The zero-order valence-corrected chi connectivity index (χ0v) is 12.9. The van der Waals surface area contributed by atoms with Gasteiger partial charge in [-0.05, 0) is 36.4 Å². The van der Waals surface area contributed by atoms with Gasteiger partial charge in [0.2, 0.25) is 5.91 Å². The van der Waals surface area contributed by atoms with Crippen LogP contribution in [0.15, 0.2) is 47.1 Å². The Balaban J connectivity index is 1.70. The molecule has 7 heteroatoms. The Morgan fingerprint density at radius 3 is 2.74 bits per heavy atom. The summed E-state index contributed by atoms with van der Waals surface area (Å²) in [6.07, 6.45) is 1.43.